The summed E-state index contributed by atoms with van der Waals surface area (Å²) in [6.45, 7) is 5.85. The predicted octanol–water partition coefficient (Wildman–Crippen LogP) is 7.19. The van der Waals surface area contributed by atoms with Crippen LogP contribution in [-0.2, 0) is 0 Å². The largest absolute Gasteiger partial charge is 0.361 e. The van der Waals surface area contributed by atoms with E-state index < -0.39 is 0 Å². The lowest BCUT2D eigenvalue weighted by molar-refractivity contribution is 0.214. The first kappa shape index (κ1) is 23.0. The van der Waals surface area contributed by atoms with Gasteiger partial charge in [0.15, 0.2) is 0 Å². The average molecular weight is 485 g/mol. The highest BCUT2D eigenvalue weighted by molar-refractivity contribution is 6.36. The Morgan fingerprint density at radius 3 is 2.28 bits per heavy atom. The van der Waals surface area contributed by atoms with Crippen molar-refractivity contribution in [2.24, 2.45) is 0 Å². The summed E-state index contributed by atoms with van der Waals surface area (Å²) in [5, 5.41) is 11.1. The SMILES string of the molecule is CC(CN1CCN(c2ccc(Cl)cc2Cl)C(c2ccc(Cl)cc2)C1)c1ccc(C#N)cc1. The van der Waals surface area contributed by atoms with E-state index in [1.54, 1.807) is 6.07 Å². The highest BCUT2D eigenvalue weighted by atomic mass is 35.5. The molecule has 0 aromatic heterocycles. The van der Waals surface area contributed by atoms with Gasteiger partial charge in [0.05, 0.1) is 28.4 Å². The van der Waals surface area contributed by atoms with Gasteiger partial charge in [0.25, 0.3) is 0 Å². The predicted molar refractivity (Wildman–Crippen MR) is 134 cm³/mol. The number of nitriles is 1. The van der Waals surface area contributed by atoms with Crippen LogP contribution in [0, 0.1) is 11.3 Å². The number of hydrogen-bond acceptors (Lipinski definition) is 3. The Morgan fingerprint density at radius 1 is 0.938 bits per heavy atom. The fourth-order valence-electron chi connectivity index (χ4n) is 4.36. The minimum Gasteiger partial charge on any atom is -0.361 e. The molecular weight excluding hydrogens is 461 g/mol. The summed E-state index contributed by atoms with van der Waals surface area (Å²) in [5.41, 5.74) is 4.14. The van der Waals surface area contributed by atoms with E-state index in [2.05, 4.69) is 47.1 Å². The molecular formula is C26H24Cl3N3. The maximum atomic E-state index is 9.05. The van der Waals surface area contributed by atoms with Crippen molar-refractivity contribution in [3.8, 4) is 6.07 Å². The first-order valence-electron chi connectivity index (χ1n) is 10.6. The van der Waals surface area contributed by atoms with Gasteiger partial charge >= 0.3 is 0 Å². The summed E-state index contributed by atoms with van der Waals surface area (Å²) in [7, 11) is 0. The lowest BCUT2D eigenvalue weighted by Crippen LogP contribution is -2.49. The van der Waals surface area contributed by atoms with E-state index in [9.17, 15) is 0 Å². The first-order valence-corrected chi connectivity index (χ1v) is 11.8. The number of halogens is 3. The monoisotopic (exact) mass is 483 g/mol. The quantitative estimate of drug-likeness (QED) is 0.384. The maximum absolute atomic E-state index is 9.05. The molecule has 1 aliphatic heterocycles. The number of rotatable bonds is 5. The minimum atomic E-state index is 0.146. The van der Waals surface area contributed by atoms with E-state index in [0.717, 1.165) is 36.9 Å². The lowest BCUT2D eigenvalue weighted by atomic mass is 9.97. The van der Waals surface area contributed by atoms with Gasteiger partial charge in [-0.2, -0.15) is 5.26 Å². The third-order valence-electron chi connectivity index (χ3n) is 6.08. The summed E-state index contributed by atoms with van der Waals surface area (Å²) < 4.78 is 0. The van der Waals surface area contributed by atoms with Crippen molar-refractivity contribution < 1.29 is 0 Å². The molecule has 3 aromatic rings. The second-order valence-electron chi connectivity index (χ2n) is 8.25. The zero-order chi connectivity index (χ0) is 22.7. The Hall–Kier alpha value is -2.22. The van der Waals surface area contributed by atoms with Crippen molar-refractivity contribution in [3.63, 3.8) is 0 Å². The molecule has 0 saturated carbocycles. The normalized spacial score (nSPS) is 17.7. The fourth-order valence-corrected chi connectivity index (χ4v) is 5.00. The molecule has 1 heterocycles. The summed E-state index contributed by atoms with van der Waals surface area (Å²) in [6, 6.07) is 24.0. The first-order chi connectivity index (χ1) is 15.4. The molecule has 3 aromatic carbocycles. The Labute approximate surface area is 204 Å². The smallest absolute Gasteiger partial charge is 0.0991 e. The van der Waals surface area contributed by atoms with Gasteiger partial charge in [-0.25, -0.2) is 0 Å². The molecule has 1 fully saturated rings. The summed E-state index contributed by atoms with van der Waals surface area (Å²) >= 11 is 18.9. The molecule has 2 atom stereocenters. The number of benzene rings is 3. The van der Waals surface area contributed by atoms with Gasteiger partial charge < -0.3 is 4.90 Å². The molecule has 0 aliphatic carbocycles. The summed E-state index contributed by atoms with van der Waals surface area (Å²) in [4.78, 5) is 4.87. The molecule has 0 spiro atoms. The number of piperazine rings is 1. The summed E-state index contributed by atoms with van der Waals surface area (Å²) in [6.07, 6.45) is 0. The van der Waals surface area contributed by atoms with E-state index in [-0.39, 0.29) is 6.04 Å². The average Bonchev–Trinajstić information content (AvgIpc) is 2.80. The molecule has 0 radical (unpaired) electrons. The van der Waals surface area contributed by atoms with Crippen LogP contribution in [0.2, 0.25) is 15.1 Å². The van der Waals surface area contributed by atoms with E-state index in [4.69, 9.17) is 40.1 Å². The summed E-state index contributed by atoms with van der Waals surface area (Å²) in [5.74, 6) is 0.360. The van der Waals surface area contributed by atoms with Crippen molar-refractivity contribution in [1.82, 2.24) is 4.90 Å². The molecule has 3 nitrogen and oxygen atoms in total. The lowest BCUT2D eigenvalue weighted by Gasteiger charge is -2.44. The molecule has 0 amide bonds. The highest BCUT2D eigenvalue weighted by Crippen LogP contribution is 2.37. The Bertz CT molecular complexity index is 1110. The standard InChI is InChI=1S/C26H24Cl3N3/c1-18(20-4-2-19(15-30)3-5-20)16-31-12-13-32(25-11-10-23(28)14-24(25)29)26(17-31)21-6-8-22(27)9-7-21/h2-11,14,18,26H,12-13,16-17H2,1H3. The Balaban J connectivity index is 1.56. The Morgan fingerprint density at radius 2 is 1.62 bits per heavy atom. The van der Waals surface area contributed by atoms with E-state index in [1.807, 2.05) is 36.4 Å². The van der Waals surface area contributed by atoms with Gasteiger partial charge in [0, 0.05) is 36.2 Å². The highest BCUT2D eigenvalue weighted by Gasteiger charge is 2.30. The van der Waals surface area contributed by atoms with Gasteiger partial charge in [-0.15, -0.1) is 0 Å². The van der Waals surface area contributed by atoms with Crippen molar-refractivity contribution in [2.45, 2.75) is 18.9 Å². The van der Waals surface area contributed by atoms with Crippen LogP contribution in [0.4, 0.5) is 5.69 Å². The maximum Gasteiger partial charge on any atom is 0.0991 e. The molecule has 32 heavy (non-hydrogen) atoms. The third-order valence-corrected chi connectivity index (χ3v) is 6.87. The van der Waals surface area contributed by atoms with Crippen LogP contribution >= 0.6 is 34.8 Å². The van der Waals surface area contributed by atoms with Crippen LogP contribution in [0.15, 0.2) is 66.7 Å². The minimum absolute atomic E-state index is 0.146. The van der Waals surface area contributed by atoms with Crippen LogP contribution in [0.5, 0.6) is 0 Å². The van der Waals surface area contributed by atoms with Gasteiger partial charge in [0.2, 0.25) is 0 Å². The molecule has 1 saturated heterocycles. The number of anilines is 1. The van der Waals surface area contributed by atoms with Crippen molar-refractivity contribution >= 4 is 40.5 Å². The molecule has 2 unspecified atom stereocenters. The van der Waals surface area contributed by atoms with Crippen LogP contribution in [0.1, 0.15) is 35.6 Å². The zero-order valence-corrected chi connectivity index (χ0v) is 20.1. The molecule has 0 N–H and O–H groups in total. The van der Waals surface area contributed by atoms with E-state index in [1.165, 1.54) is 11.1 Å². The van der Waals surface area contributed by atoms with E-state index >= 15 is 0 Å². The van der Waals surface area contributed by atoms with Crippen LogP contribution in [0.25, 0.3) is 0 Å². The second-order valence-corrected chi connectivity index (χ2v) is 9.53. The molecule has 6 heteroatoms. The van der Waals surface area contributed by atoms with Crippen LogP contribution < -0.4 is 4.90 Å². The third kappa shape index (κ3) is 5.22. The van der Waals surface area contributed by atoms with Gasteiger partial charge in [-0.3, -0.25) is 4.90 Å². The fraction of sp³-hybridized carbons (Fsp3) is 0.269. The molecule has 164 valence electrons. The zero-order valence-electron chi connectivity index (χ0n) is 17.8. The number of nitrogens with zero attached hydrogens (tertiary/aromatic N) is 3. The van der Waals surface area contributed by atoms with Crippen LogP contribution in [-0.4, -0.2) is 31.1 Å². The van der Waals surface area contributed by atoms with Crippen molar-refractivity contribution in [2.75, 3.05) is 31.1 Å². The van der Waals surface area contributed by atoms with Crippen molar-refractivity contribution in [1.29, 1.82) is 5.26 Å². The van der Waals surface area contributed by atoms with Gasteiger partial charge in [-0.1, -0.05) is 66.0 Å². The molecule has 1 aliphatic rings. The van der Waals surface area contributed by atoms with Crippen molar-refractivity contribution in [3.05, 3.63) is 98.5 Å². The van der Waals surface area contributed by atoms with Gasteiger partial charge in [0.1, 0.15) is 0 Å². The number of hydrogen-bond donors (Lipinski definition) is 0. The van der Waals surface area contributed by atoms with Gasteiger partial charge in [-0.05, 0) is 59.5 Å². The topological polar surface area (TPSA) is 30.3 Å². The Kier molecular flexibility index (Phi) is 7.28. The second kappa shape index (κ2) is 10.1. The van der Waals surface area contributed by atoms with Crippen LogP contribution in [0.3, 0.4) is 0 Å². The molecule has 4 rings (SSSR count). The van der Waals surface area contributed by atoms with E-state index in [0.29, 0.717) is 21.5 Å². The molecule has 0 bridgehead atoms.